The van der Waals surface area contributed by atoms with Crippen LogP contribution in [0.25, 0.3) is 10.6 Å². The lowest BCUT2D eigenvalue weighted by atomic mass is 9.96. The molecule has 0 atom stereocenters. The Morgan fingerprint density at radius 1 is 1.15 bits per heavy atom. The largest absolute Gasteiger partial charge is 0.317 e. The molecule has 2 N–H and O–H groups in total. The molecule has 148 valence electrons. The Morgan fingerprint density at radius 2 is 1.74 bits per heavy atom. The third-order valence-electron chi connectivity index (χ3n) is 4.65. The molecule has 3 rings (SSSR count). The van der Waals surface area contributed by atoms with E-state index in [0.717, 1.165) is 22.9 Å². The van der Waals surface area contributed by atoms with Crippen molar-refractivity contribution < 1.29 is 13.2 Å². The number of aryl methyl sites for hydroxylation is 2. The number of nitrogens with one attached hydrogen (secondary N) is 2. The monoisotopic (exact) mass is 430 g/mol. The Bertz CT molecular complexity index is 917. The first kappa shape index (κ1) is 21.7. The molecule has 0 spiro atoms. The minimum atomic E-state index is -3.56. The molecule has 1 aromatic carbocycles. The molecule has 10 heteroatoms. The summed E-state index contributed by atoms with van der Waals surface area (Å²) < 4.78 is 23.2. The molecule has 2 heterocycles. The normalized spacial score (nSPS) is 16.4. The van der Waals surface area contributed by atoms with E-state index in [1.807, 2.05) is 26.0 Å². The topological polar surface area (TPSA) is 101 Å². The zero-order valence-corrected chi connectivity index (χ0v) is 17.9. The molecule has 0 aliphatic carbocycles. The molecule has 0 radical (unpaired) electrons. The van der Waals surface area contributed by atoms with E-state index >= 15 is 0 Å². The number of halogens is 1. The van der Waals surface area contributed by atoms with Crippen LogP contribution in [0.15, 0.2) is 18.2 Å². The van der Waals surface area contributed by atoms with Gasteiger partial charge in [0.2, 0.25) is 11.0 Å². The van der Waals surface area contributed by atoms with Gasteiger partial charge in [-0.3, -0.25) is 10.1 Å². The quantitative estimate of drug-likeness (QED) is 0.772. The molecule has 1 aliphatic rings. The summed E-state index contributed by atoms with van der Waals surface area (Å²) in [6.07, 6.45) is 1.62. The van der Waals surface area contributed by atoms with Gasteiger partial charge in [0.15, 0.2) is 14.6 Å². The van der Waals surface area contributed by atoms with Crippen LogP contribution in [0.3, 0.4) is 0 Å². The summed E-state index contributed by atoms with van der Waals surface area (Å²) in [6, 6.07) is 6.08. The molecule has 1 aliphatic heterocycles. The van der Waals surface area contributed by atoms with Gasteiger partial charge in [0.1, 0.15) is 5.01 Å². The molecule has 0 unspecified atom stereocenters. The number of anilines is 1. The van der Waals surface area contributed by atoms with E-state index in [4.69, 9.17) is 0 Å². The van der Waals surface area contributed by atoms with Gasteiger partial charge in [-0.2, -0.15) is 0 Å². The summed E-state index contributed by atoms with van der Waals surface area (Å²) in [5.74, 6) is -0.523. The molecule has 1 fully saturated rings. The van der Waals surface area contributed by atoms with Crippen molar-refractivity contribution in [2.45, 2.75) is 31.4 Å². The van der Waals surface area contributed by atoms with Crippen LogP contribution in [0.2, 0.25) is 0 Å². The van der Waals surface area contributed by atoms with Gasteiger partial charge in [-0.05, 0) is 51.9 Å². The number of hydrogen-bond acceptors (Lipinski definition) is 7. The standard InChI is InChI=1S/C17H22N4O3S2.ClH/c1-11-8-12(2)10-13(9-11)14-20-21-16(25-14)19-15(22)17(26(3,23)24)4-6-18-7-5-17;/h8-10,18H,4-7H2,1-3H3,(H,19,21,22);1H. The summed E-state index contributed by atoms with van der Waals surface area (Å²) in [5, 5.41) is 14.9. The smallest absolute Gasteiger partial charge is 0.247 e. The first-order valence-corrected chi connectivity index (χ1v) is 11.1. The fraction of sp³-hybridized carbons (Fsp3) is 0.471. The minimum Gasteiger partial charge on any atom is -0.317 e. The minimum absolute atomic E-state index is 0. The predicted molar refractivity (Wildman–Crippen MR) is 110 cm³/mol. The van der Waals surface area contributed by atoms with E-state index < -0.39 is 20.5 Å². The highest BCUT2D eigenvalue weighted by Crippen LogP contribution is 2.32. The van der Waals surface area contributed by atoms with Gasteiger partial charge in [-0.25, -0.2) is 8.42 Å². The first-order chi connectivity index (χ1) is 12.2. The van der Waals surface area contributed by atoms with E-state index in [1.54, 1.807) is 0 Å². The Kier molecular flexibility index (Phi) is 6.62. The molecule has 0 saturated carbocycles. The van der Waals surface area contributed by atoms with Crippen LogP contribution in [-0.4, -0.2) is 48.6 Å². The number of nitrogens with zero attached hydrogens (tertiary/aromatic N) is 2. The Hall–Kier alpha value is -1.55. The fourth-order valence-corrected chi connectivity index (χ4v) is 5.36. The summed E-state index contributed by atoms with van der Waals surface area (Å²) in [6.45, 7) is 5.00. The van der Waals surface area contributed by atoms with Crippen LogP contribution in [0, 0.1) is 13.8 Å². The lowest BCUT2D eigenvalue weighted by Crippen LogP contribution is -2.55. The molecular weight excluding hydrogens is 408 g/mol. The van der Waals surface area contributed by atoms with Crippen molar-refractivity contribution in [3.05, 3.63) is 29.3 Å². The molecule has 1 amide bonds. The number of carbonyl (C=O) groups is 1. The van der Waals surface area contributed by atoms with Crippen LogP contribution in [0.5, 0.6) is 0 Å². The molecule has 7 nitrogen and oxygen atoms in total. The maximum Gasteiger partial charge on any atom is 0.247 e. The fourth-order valence-electron chi connectivity index (χ4n) is 3.30. The van der Waals surface area contributed by atoms with Gasteiger partial charge in [-0.15, -0.1) is 22.6 Å². The molecule has 2 aromatic rings. The van der Waals surface area contributed by atoms with E-state index in [0.29, 0.717) is 23.2 Å². The second-order valence-corrected chi connectivity index (χ2v) is 10.1. The number of rotatable bonds is 4. The number of aromatic nitrogens is 2. The summed E-state index contributed by atoms with van der Waals surface area (Å²) in [7, 11) is -3.56. The van der Waals surface area contributed by atoms with Crippen molar-refractivity contribution in [2.24, 2.45) is 0 Å². The highest BCUT2D eigenvalue weighted by molar-refractivity contribution is 7.92. The highest BCUT2D eigenvalue weighted by atomic mass is 35.5. The summed E-state index contributed by atoms with van der Waals surface area (Å²) in [4.78, 5) is 12.8. The number of piperidine rings is 1. The van der Waals surface area contributed by atoms with Gasteiger partial charge in [0, 0.05) is 11.8 Å². The van der Waals surface area contributed by atoms with Crippen molar-refractivity contribution in [3.63, 3.8) is 0 Å². The van der Waals surface area contributed by atoms with Gasteiger partial charge in [0.05, 0.1) is 0 Å². The number of hydrogen-bond donors (Lipinski definition) is 2. The second-order valence-electron chi connectivity index (χ2n) is 6.76. The molecule has 1 saturated heterocycles. The zero-order chi connectivity index (χ0) is 18.9. The third kappa shape index (κ3) is 4.48. The first-order valence-electron chi connectivity index (χ1n) is 8.35. The Labute approximate surface area is 169 Å². The van der Waals surface area contributed by atoms with E-state index in [9.17, 15) is 13.2 Å². The number of benzene rings is 1. The van der Waals surface area contributed by atoms with Gasteiger partial charge < -0.3 is 5.32 Å². The maximum absolute atomic E-state index is 12.8. The predicted octanol–water partition coefficient (Wildman–Crippen LogP) is 2.35. The van der Waals surface area contributed by atoms with Crippen molar-refractivity contribution in [1.29, 1.82) is 0 Å². The molecule has 1 aromatic heterocycles. The van der Waals surface area contributed by atoms with E-state index in [1.165, 1.54) is 11.3 Å². The van der Waals surface area contributed by atoms with Crippen LogP contribution in [-0.2, 0) is 14.6 Å². The average molecular weight is 431 g/mol. The van der Waals surface area contributed by atoms with Crippen molar-refractivity contribution in [1.82, 2.24) is 15.5 Å². The summed E-state index contributed by atoms with van der Waals surface area (Å²) in [5.41, 5.74) is 3.17. The zero-order valence-electron chi connectivity index (χ0n) is 15.4. The van der Waals surface area contributed by atoms with Crippen LogP contribution in [0.4, 0.5) is 5.13 Å². The second kappa shape index (κ2) is 8.22. The van der Waals surface area contributed by atoms with Crippen LogP contribution in [0.1, 0.15) is 24.0 Å². The van der Waals surface area contributed by atoms with Gasteiger partial charge >= 0.3 is 0 Å². The summed E-state index contributed by atoms with van der Waals surface area (Å²) >= 11 is 1.24. The van der Waals surface area contributed by atoms with E-state index in [2.05, 4.69) is 26.9 Å². The van der Waals surface area contributed by atoms with Crippen molar-refractivity contribution >= 4 is 44.6 Å². The number of carbonyl (C=O) groups excluding carboxylic acids is 1. The number of amides is 1. The molecule has 27 heavy (non-hydrogen) atoms. The van der Waals surface area contributed by atoms with Crippen molar-refractivity contribution in [3.8, 4) is 10.6 Å². The van der Waals surface area contributed by atoms with Crippen LogP contribution >= 0.6 is 23.7 Å². The maximum atomic E-state index is 12.8. The molecular formula is C17H23ClN4O3S2. The van der Waals surface area contributed by atoms with Gasteiger partial charge in [-0.1, -0.05) is 28.5 Å². The van der Waals surface area contributed by atoms with Crippen molar-refractivity contribution in [2.75, 3.05) is 24.7 Å². The lowest BCUT2D eigenvalue weighted by Gasteiger charge is -2.33. The van der Waals surface area contributed by atoms with Gasteiger partial charge in [0.25, 0.3) is 0 Å². The Morgan fingerprint density at radius 3 is 2.30 bits per heavy atom. The molecule has 0 bridgehead atoms. The average Bonchev–Trinajstić information content (AvgIpc) is 3.02. The van der Waals surface area contributed by atoms with Crippen LogP contribution < -0.4 is 10.6 Å². The number of sulfone groups is 1. The van der Waals surface area contributed by atoms with E-state index in [-0.39, 0.29) is 25.2 Å². The highest BCUT2D eigenvalue weighted by Gasteiger charge is 2.48. The lowest BCUT2D eigenvalue weighted by molar-refractivity contribution is -0.119. The SMILES string of the molecule is Cc1cc(C)cc(-c2nnc(NC(=O)C3(S(C)(=O)=O)CCNCC3)s2)c1.Cl. The Balaban J connectivity index is 0.00000261. The third-order valence-corrected chi connectivity index (χ3v) is 7.55.